The van der Waals surface area contributed by atoms with Crippen molar-refractivity contribution in [1.29, 1.82) is 0 Å². The Hall–Kier alpha value is -2.10. The molecule has 126 valence electrons. The molecule has 0 fully saturated rings. The monoisotopic (exact) mass is 342 g/mol. The highest BCUT2D eigenvalue weighted by atomic mass is 35.5. The number of hydrogen-bond donors (Lipinski definition) is 0. The zero-order valence-electron chi connectivity index (χ0n) is 14.3. The molecule has 0 bridgehead atoms. The average Bonchev–Trinajstić information content (AvgIpc) is 2.68. The number of halogens is 1. The number of aryl methyl sites for hydroxylation is 1. The molecule has 0 saturated heterocycles. The van der Waals surface area contributed by atoms with E-state index < -0.39 is 0 Å². The van der Waals surface area contributed by atoms with Crippen molar-refractivity contribution in [3.63, 3.8) is 0 Å². The zero-order chi connectivity index (χ0) is 16.2. The van der Waals surface area contributed by atoms with E-state index in [1.165, 1.54) is 10.9 Å². The number of rotatable bonds is 4. The van der Waals surface area contributed by atoms with Crippen LogP contribution in [0.4, 0.5) is 0 Å². The van der Waals surface area contributed by atoms with Crippen molar-refractivity contribution in [2.24, 2.45) is 5.16 Å². The van der Waals surface area contributed by atoms with Gasteiger partial charge in [-0.2, -0.15) is 0 Å². The van der Waals surface area contributed by atoms with Gasteiger partial charge in [0.25, 0.3) is 0 Å². The predicted molar refractivity (Wildman–Crippen MR) is 104 cm³/mol. The topological polar surface area (TPSA) is 24.8 Å². The lowest BCUT2D eigenvalue weighted by molar-refractivity contribution is 0.117. The molecule has 3 rings (SSSR count). The van der Waals surface area contributed by atoms with Crippen LogP contribution in [0.5, 0.6) is 0 Å². The van der Waals surface area contributed by atoms with Gasteiger partial charge in [-0.1, -0.05) is 59.3 Å². The van der Waals surface area contributed by atoms with Gasteiger partial charge in [-0.25, -0.2) is 0 Å². The van der Waals surface area contributed by atoms with E-state index in [9.17, 15) is 0 Å². The molecule has 0 atom stereocenters. The van der Waals surface area contributed by atoms with Crippen LogP contribution in [0.25, 0.3) is 21.5 Å². The molecule has 24 heavy (non-hydrogen) atoms. The summed E-state index contributed by atoms with van der Waals surface area (Å²) in [5, 5.41) is 9.96. The van der Waals surface area contributed by atoms with E-state index in [-0.39, 0.29) is 12.4 Å². The minimum atomic E-state index is 0. The van der Waals surface area contributed by atoms with Gasteiger partial charge in [0.15, 0.2) is 0 Å². The Morgan fingerprint density at radius 2 is 1.58 bits per heavy atom. The average molecular weight is 343 g/mol. The molecule has 0 aliphatic heterocycles. The molecule has 0 aromatic heterocycles. The first-order valence-corrected chi connectivity index (χ1v) is 7.88. The first kappa shape index (κ1) is 18.2. The van der Waals surface area contributed by atoms with Crippen molar-refractivity contribution in [2.45, 2.75) is 6.92 Å². The fourth-order valence-electron chi connectivity index (χ4n) is 2.64. The fourth-order valence-corrected chi connectivity index (χ4v) is 2.64. The Morgan fingerprint density at radius 1 is 0.917 bits per heavy atom. The highest BCUT2D eigenvalue weighted by Gasteiger charge is 2.02. The van der Waals surface area contributed by atoms with Gasteiger partial charge < -0.3 is 9.74 Å². The van der Waals surface area contributed by atoms with Crippen molar-refractivity contribution in [1.82, 2.24) is 4.90 Å². The van der Waals surface area contributed by atoms with Crippen LogP contribution in [0.2, 0.25) is 0 Å². The summed E-state index contributed by atoms with van der Waals surface area (Å²) in [6.45, 7) is 3.52. The Kier molecular flexibility index (Phi) is 6.18. The molecule has 0 amide bonds. The molecule has 0 unspecified atom stereocenters. The van der Waals surface area contributed by atoms with Crippen molar-refractivity contribution < 1.29 is 4.84 Å². The highest BCUT2D eigenvalue weighted by molar-refractivity contribution is 5.93. The van der Waals surface area contributed by atoms with Crippen LogP contribution >= 0.6 is 12.4 Å². The number of nitrogens with zero attached hydrogens (tertiary/aromatic N) is 2. The van der Waals surface area contributed by atoms with Crippen LogP contribution in [-0.4, -0.2) is 32.1 Å². The minimum Gasteiger partial charge on any atom is -0.394 e. The third kappa shape index (κ3) is 4.05. The standard InChI is InChI=1S/C20H22N2O.ClH/c1-15-8-9-17-11-10-16-6-4-5-7-18(16)20(19(17)14-15)21-23-13-12-22(2)3;/h4-11,14H,12-13H2,1-3H3;1H/b21-20-;. The van der Waals surface area contributed by atoms with Crippen LogP contribution in [-0.2, 0) is 4.84 Å². The van der Waals surface area contributed by atoms with Crippen molar-refractivity contribution in [2.75, 3.05) is 27.2 Å². The lowest BCUT2D eigenvalue weighted by Gasteiger charge is -2.07. The lowest BCUT2D eigenvalue weighted by Crippen LogP contribution is -2.17. The SMILES string of the molecule is Cc1ccc2ccc3ccccc3/c(=N/OCCN(C)C)c2c1.Cl. The third-order valence-corrected chi connectivity index (χ3v) is 3.91. The second-order valence-corrected chi connectivity index (χ2v) is 6.09. The molecule has 3 nitrogen and oxygen atoms in total. The number of fused-ring (bicyclic) bond motifs is 2. The molecule has 3 aromatic carbocycles. The van der Waals surface area contributed by atoms with Gasteiger partial charge in [-0.3, -0.25) is 0 Å². The normalized spacial score (nSPS) is 11.8. The summed E-state index contributed by atoms with van der Waals surface area (Å²) in [5.74, 6) is 0. The van der Waals surface area contributed by atoms with E-state index >= 15 is 0 Å². The molecule has 4 heteroatoms. The summed E-state index contributed by atoms with van der Waals surface area (Å²) in [6.07, 6.45) is 0. The molecule has 3 aromatic rings. The van der Waals surface area contributed by atoms with Gasteiger partial charge in [-0.05, 0) is 37.9 Å². The quantitative estimate of drug-likeness (QED) is 0.526. The van der Waals surface area contributed by atoms with E-state index in [4.69, 9.17) is 4.84 Å². The van der Waals surface area contributed by atoms with Crippen molar-refractivity contribution in [3.8, 4) is 0 Å². The Labute approximate surface area is 149 Å². The van der Waals surface area contributed by atoms with Crippen LogP contribution in [0.1, 0.15) is 5.56 Å². The number of hydrogen-bond acceptors (Lipinski definition) is 3. The molecule has 0 N–H and O–H groups in total. The Bertz CT molecular complexity index is 906. The summed E-state index contributed by atoms with van der Waals surface area (Å²) in [5.41, 5.74) is 1.22. The first-order chi connectivity index (χ1) is 11.1. The van der Waals surface area contributed by atoms with Crippen molar-refractivity contribution in [3.05, 3.63) is 65.5 Å². The summed E-state index contributed by atoms with van der Waals surface area (Å²) in [6, 6.07) is 19.0. The maximum Gasteiger partial charge on any atom is 0.129 e. The predicted octanol–water partition coefficient (Wildman–Crippen LogP) is 4.12. The van der Waals surface area contributed by atoms with Gasteiger partial charge in [0.1, 0.15) is 12.0 Å². The summed E-state index contributed by atoms with van der Waals surface area (Å²) in [7, 11) is 4.06. The van der Waals surface area contributed by atoms with Gasteiger partial charge in [0, 0.05) is 17.3 Å². The molecule has 0 aliphatic rings. The first-order valence-electron chi connectivity index (χ1n) is 7.88. The molecule has 0 spiro atoms. The van der Waals surface area contributed by atoms with E-state index in [0.29, 0.717) is 6.61 Å². The van der Waals surface area contributed by atoms with Gasteiger partial charge in [0.05, 0.1) is 0 Å². The summed E-state index contributed by atoms with van der Waals surface area (Å²) >= 11 is 0. The van der Waals surface area contributed by atoms with Crippen LogP contribution in [0.15, 0.2) is 59.8 Å². The molecular formula is C20H23ClN2O. The second-order valence-electron chi connectivity index (χ2n) is 6.09. The number of likely N-dealkylation sites (N-methyl/N-ethyl adjacent to an activating group) is 1. The largest absolute Gasteiger partial charge is 0.394 e. The third-order valence-electron chi connectivity index (χ3n) is 3.91. The smallest absolute Gasteiger partial charge is 0.129 e. The zero-order valence-corrected chi connectivity index (χ0v) is 15.1. The van der Waals surface area contributed by atoms with E-state index in [1.807, 2.05) is 20.2 Å². The van der Waals surface area contributed by atoms with E-state index in [2.05, 4.69) is 65.5 Å². The lowest BCUT2D eigenvalue weighted by atomic mass is 10.1. The second kappa shape index (κ2) is 8.13. The van der Waals surface area contributed by atoms with Gasteiger partial charge in [0.2, 0.25) is 0 Å². The van der Waals surface area contributed by atoms with Gasteiger partial charge >= 0.3 is 0 Å². The van der Waals surface area contributed by atoms with E-state index in [1.54, 1.807) is 0 Å². The fraction of sp³-hybridized carbons (Fsp3) is 0.250. The highest BCUT2D eigenvalue weighted by Crippen LogP contribution is 2.16. The van der Waals surface area contributed by atoms with E-state index in [0.717, 1.165) is 28.1 Å². The van der Waals surface area contributed by atoms with Crippen LogP contribution in [0.3, 0.4) is 0 Å². The molecule has 0 aliphatic carbocycles. The summed E-state index contributed by atoms with van der Waals surface area (Å²) < 4.78 is 0. The summed E-state index contributed by atoms with van der Waals surface area (Å²) in [4.78, 5) is 7.70. The maximum atomic E-state index is 5.61. The Balaban J connectivity index is 0.00000208. The van der Waals surface area contributed by atoms with Crippen LogP contribution < -0.4 is 5.36 Å². The molecule has 0 heterocycles. The molecular weight excluding hydrogens is 320 g/mol. The number of benzene rings is 2. The van der Waals surface area contributed by atoms with Crippen LogP contribution in [0, 0.1) is 6.92 Å². The van der Waals surface area contributed by atoms with Crippen molar-refractivity contribution >= 4 is 34.0 Å². The minimum absolute atomic E-state index is 0. The Morgan fingerprint density at radius 3 is 2.33 bits per heavy atom. The maximum absolute atomic E-state index is 5.61. The van der Waals surface area contributed by atoms with Gasteiger partial charge in [-0.15, -0.1) is 12.4 Å². The molecule has 0 radical (unpaired) electrons. The molecule has 0 saturated carbocycles.